The number of nitrogens with one attached hydrogen (secondary N) is 2. The maximum atomic E-state index is 11.9. The van der Waals surface area contributed by atoms with Gasteiger partial charge in [0.05, 0.1) is 0 Å². The molecule has 0 radical (unpaired) electrons. The minimum absolute atomic E-state index is 0.0596. The first-order chi connectivity index (χ1) is 8.43. The van der Waals surface area contributed by atoms with Crippen molar-refractivity contribution in [1.29, 1.82) is 0 Å². The third-order valence-corrected chi connectivity index (χ3v) is 3.00. The lowest BCUT2D eigenvalue weighted by Crippen LogP contribution is -2.46. The molecule has 0 saturated carbocycles. The molecule has 0 aromatic heterocycles. The highest BCUT2D eigenvalue weighted by molar-refractivity contribution is 5.76. The largest absolute Gasteiger partial charge is 0.341 e. The number of carbonyl (C=O) groups is 2. The topological polar surface area (TPSA) is 64.7 Å². The molecule has 1 aliphatic heterocycles. The number of rotatable bonds is 3. The lowest BCUT2D eigenvalue weighted by Gasteiger charge is -2.22. The fraction of sp³-hybridized carbons (Fsp3) is 0.833. The summed E-state index contributed by atoms with van der Waals surface area (Å²) >= 11 is 0. The third kappa shape index (κ3) is 4.09. The molecule has 4 amide bonds. The number of nitrogens with zero attached hydrogens (tertiary/aromatic N) is 2. The van der Waals surface area contributed by atoms with Crippen LogP contribution < -0.4 is 10.6 Å². The highest BCUT2D eigenvalue weighted by atomic mass is 16.2. The van der Waals surface area contributed by atoms with Crippen molar-refractivity contribution in [2.75, 3.05) is 33.7 Å². The third-order valence-electron chi connectivity index (χ3n) is 3.00. The molecule has 1 aliphatic rings. The predicted molar refractivity (Wildman–Crippen MR) is 70.4 cm³/mol. The van der Waals surface area contributed by atoms with Gasteiger partial charge in [0.25, 0.3) is 0 Å². The molecule has 0 spiro atoms. The van der Waals surface area contributed by atoms with E-state index in [2.05, 4.69) is 24.5 Å². The summed E-state index contributed by atoms with van der Waals surface area (Å²) in [6.45, 7) is 6.16. The van der Waals surface area contributed by atoms with Gasteiger partial charge in [0.2, 0.25) is 0 Å². The second kappa shape index (κ2) is 6.47. The summed E-state index contributed by atoms with van der Waals surface area (Å²) < 4.78 is 0. The van der Waals surface area contributed by atoms with Gasteiger partial charge in [-0.2, -0.15) is 0 Å². The molecule has 0 aromatic rings. The summed E-state index contributed by atoms with van der Waals surface area (Å²) in [5, 5.41) is 5.55. The molecule has 6 heteroatoms. The van der Waals surface area contributed by atoms with Crippen LogP contribution in [0.4, 0.5) is 9.59 Å². The lowest BCUT2D eigenvalue weighted by molar-refractivity contribution is 0.196. The first kappa shape index (κ1) is 14.6. The zero-order valence-electron chi connectivity index (χ0n) is 11.7. The van der Waals surface area contributed by atoms with Crippen LogP contribution in [0, 0.1) is 5.92 Å². The Balaban J connectivity index is 2.36. The highest BCUT2D eigenvalue weighted by Gasteiger charge is 2.27. The molecule has 1 saturated heterocycles. The molecule has 6 nitrogen and oxygen atoms in total. The van der Waals surface area contributed by atoms with E-state index in [9.17, 15) is 9.59 Å². The minimum Gasteiger partial charge on any atom is -0.341 e. The van der Waals surface area contributed by atoms with Crippen molar-refractivity contribution in [2.24, 2.45) is 5.92 Å². The van der Waals surface area contributed by atoms with Crippen molar-refractivity contribution in [1.82, 2.24) is 20.4 Å². The number of likely N-dealkylation sites (tertiary alicyclic amines) is 1. The highest BCUT2D eigenvalue weighted by Crippen LogP contribution is 2.09. The van der Waals surface area contributed by atoms with Gasteiger partial charge in [0.15, 0.2) is 0 Å². The summed E-state index contributed by atoms with van der Waals surface area (Å²) in [4.78, 5) is 26.7. The molecule has 1 fully saturated rings. The Labute approximate surface area is 109 Å². The molecule has 1 heterocycles. The van der Waals surface area contributed by atoms with Crippen molar-refractivity contribution < 1.29 is 9.59 Å². The second-order valence-corrected chi connectivity index (χ2v) is 5.21. The van der Waals surface area contributed by atoms with Crippen LogP contribution in [0.3, 0.4) is 0 Å². The Hall–Kier alpha value is -1.46. The van der Waals surface area contributed by atoms with Gasteiger partial charge in [-0.3, -0.25) is 0 Å². The number of hydrogen-bond donors (Lipinski definition) is 2. The SMILES string of the molecule is CNC(=O)N1CC[C@H](NC(=O)N(C)CC(C)C)C1. The molecular weight excluding hydrogens is 232 g/mol. The van der Waals surface area contributed by atoms with E-state index in [0.717, 1.165) is 13.0 Å². The fourth-order valence-corrected chi connectivity index (χ4v) is 2.14. The van der Waals surface area contributed by atoms with E-state index in [-0.39, 0.29) is 18.1 Å². The smallest absolute Gasteiger partial charge is 0.317 e. The normalized spacial score (nSPS) is 18.9. The summed E-state index contributed by atoms with van der Waals surface area (Å²) in [5.41, 5.74) is 0. The molecule has 0 aromatic carbocycles. The van der Waals surface area contributed by atoms with Gasteiger partial charge in [-0.1, -0.05) is 13.8 Å². The van der Waals surface area contributed by atoms with Gasteiger partial charge in [-0.25, -0.2) is 9.59 Å². The van der Waals surface area contributed by atoms with Gasteiger partial charge in [0, 0.05) is 39.8 Å². The van der Waals surface area contributed by atoms with E-state index in [1.54, 1.807) is 23.9 Å². The molecule has 0 unspecified atom stereocenters. The van der Waals surface area contributed by atoms with E-state index in [1.165, 1.54) is 0 Å². The number of urea groups is 2. The minimum atomic E-state index is -0.0812. The maximum absolute atomic E-state index is 11.9. The van der Waals surface area contributed by atoms with E-state index < -0.39 is 0 Å². The van der Waals surface area contributed by atoms with E-state index in [1.807, 2.05) is 0 Å². The molecule has 104 valence electrons. The van der Waals surface area contributed by atoms with E-state index in [4.69, 9.17) is 0 Å². The van der Waals surface area contributed by atoms with Crippen LogP contribution in [0.25, 0.3) is 0 Å². The maximum Gasteiger partial charge on any atom is 0.317 e. The Bertz CT molecular complexity index is 306. The Kier molecular flexibility index (Phi) is 5.25. The molecule has 1 rings (SSSR count). The lowest BCUT2D eigenvalue weighted by atomic mass is 10.2. The monoisotopic (exact) mass is 256 g/mol. The Morgan fingerprint density at radius 2 is 2.11 bits per heavy atom. The molecule has 18 heavy (non-hydrogen) atoms. The van der Waals surface area contributed by atoms with E-state index >= 15 is 0 Å². The average molecular weight is 256 g/mol. The summed E-state index contributed by atoms with van der Waals surface area (Å²) in [6, 6.07) is -0.0841. The van der Waals surface area contributed by atoms with Crippen LogP contribution in [0.15, 0.2) is 0 Å². The first-order valence-electron chi connectivity index (χ1n) is 6.42. The van der Waals surface area contributed by atoms with Crippen LogP contribution >= 0.6 is 0 Å². The van der Waals surface area contributed by atoms with Gasteiger partial charge in [-0.05, 0) is 12.3 Å². The Morgan fingerprint density at radius 1 is 1.44 bits per heavy atom. The van der Waals surface area contributed by atoms with E-state index in [0.29, 0.717) is 19.0 Å². The van der Waals surface area contributed by atoms with Crippen LogP contribution in [-0.4, -0.2) is 61.6 Å². The molecule has 0 bridgehead atoms. The number of carbonyl (C=O) groups excluding carboxylic acids is 2. The molecular formula is C12H24N4O2. The number of amides is 4. The fourth-order valence-electron chi connectivity index (χ4n) is 2.14. The van der Waals surface area contributed by atoms with Crippen molar-refractivity contribution in [2.45, 2.75) is 26.3 Å². The van der Waals surface area contributed by atoms with Crippen LogP contribution in [0.1, 0.15) is 20.3 Å². The van der Waals surface area contributed by atoms with Crippen LogP contribution in [0.2, 0.25) is 0 Å². The zero-order chi connectivity index (χ0) is 13.7. The van der Waals surface area contributed by atoms with Gasteiger partial charge in [-0.15, -0.1) is 0 Å². The first-order valence-corrected chi connectivity index (χ1v) is 6.42. The summed E-state index contributed by atoms with van der Waals surface area (Å²) in [7, 11) is 3.41. The molecule has 0 aliphatic carbocycles. The second-order valence-electron chi connectivity index (χ2n) is 5.21. The van der Waals surface area contributed by atoms with Crippen molar-refractivity contribution in [3.63, 3.8) is 0 Å². The quantitative estimate of drug-likeness (QED) is 0.780. The van der Waals surface area contributed by atoms with Crippen molar-refractivity contribution >= 4 is 12.1 Å². The standard InChI is InChI=1S/C12H24N4O2/c1-9(2)7-15(4)12(18)14-10-5-6-16(8-10)11(17)13-3/h9-10H,5-8H2,1-4H3,(H,13,17)(H,14,18)/t10-/m0/s1. The summed E-state index contributed by atoms with van der Waals surface area (Å²) in [5.74, 6) is 0.451. The molecule has 2 N–H and O–H groups in total. The number of hydrogen-bond acceptors (Lipinski definition) is 2. The van der Waals surface area contributed by atoms with Crippen LogP contribution in [-0.2, 0) is 0 Å². The van der Waals surface area contributed by atoms with Crippen molar-refractivity contribution in [3.05, 3.63) is 0 Å². The average Bonchev–Trinajstić information content (AvgIpc) is 2.75. The zero-order valence-corrected chi connectivity index (χ0v) is 11.7. The van der Waals surface area contributed by atoms with Crippen LogP contribution in [0.5, 0.6) is 0 Å². The summed E-state index contributed by atoms with van der Waals surface area (Å²) in [6.07, 6.45) is 0.814. The van der Waals surface area contributed by atoms with Gasteiger partial charge < -0.3 is 20.4 Å². The van der Waals surface area contributed by atoms with Crippen molar-refractivity contribution in [3.8, 4) is 0 Å². The predicted octanol–water partition coefficient (Wildman–Crippen LogP) is 0.698. The molecule has 1 atom stereocenters. The van der Waals surface area contributed by atoms with Gasteiger partial charge in [0.1, 0.15) is 0 Å². The van der Waals surface area contributed by atoms with Gasteiger partial charge >= 0.3 is 12.1 Å². The Morgan fingerprint density at radius 3 is 2.67 bits per heavy atom.